The van der Waals surface area contributed by atoms with Gasteiger partial charge in [0.1, 0.15) is 0 Å². The maximum atomic E-state index is 12.9. The molecular formula is C36H39N7O12. The Labute approximate surface area is 314 Å². The summed E-state index contributed by atoms with van der Waals surface area (Å²) in [6, 6.07) is 17.5. The van der Waals surface area contributed by atoms with E-state index in [2.05, 4.69) is 46.1 Å². The van der Waals surface area contributed by atoms with Gasteiger partial charge >= 0.3 is 18.3 Å². The Kier molecular flexibility index (Phi) is 16.4. The zero-order chi connectivity index (χ0) is 40.3. The molecule has 0 bridgehead atoms. The third-order valence-corrected chi connectivity index (χ3v) is 7.54. The Morgan fingerprint density at radius 1 is 0.436 bits per heavy atom. The highest BCUT2D eigenvalue weighted by atomic mass is 16.5. The van der Waals surface area contributed by atoms with Crippen molar-refractivity contribution in [3.63, 3.8) is 0 Å². The summed E-state index contributed by atoms with van der Waals surface area (Å²) in [5, 5.41) is 14.6. The number of carbonyl (C=O) groups excluding carboxylic acids is 9. The minimum absolute atomic E-state index is 0.0547. The molecule has 0 aromatic heterocycles. The summed E-state index contributed by atoms with van der Waals surface area (Å²) in [6.07, 6.45) is -2.53. The van der Waals surface area contributed by atoms with E-state index < -0.39 is 53.4 Å². The molecule has 6 N–H and O–H groups in total. The van der Waals surface area contributed by atoms with Gasteiger partial charge in [-0.05, 0) is 36.4 Å². The molecule has 19 nitrogen and oxygen atoms in total. The number of hydrogen-bond donors (Lipinski definition) is 6. The Morgan fingerprint density at radius 2 is 0.691 bits per heavy atom. The second-order valence-electron chi connectivity index (χ2n) is 11.1. The summed E-state index contributed by atoms with van der Waals surface area (Å²) in [6.45, 7) is -0.117. The van der Waals surface area contributed by atoms with Crippen molar-refractivity contribution in [3.05, 3.63) is 89.5 Å². The number of carbonyl (C=O) groups is 9. The highest BCUT2D eigenvalue weighted by molar-refractivity contribution is 6.45. The van der Waals surface area contributed by atoms with Gasteiger partial charge < -0.3 is 30.2 Å². The van der Waals surface area contributed by atoms with Crippen LogP contribution >= 0.6 is 0 Å². The van der Waals surface area contributed by atoms with Crippen molar-refractivity contribution in [2.24, 2.45) is 0 Å². The fraction of sp³-hybridized carbons (Fsp3) is 0.250. The normalized spacial score (nSPS) is 10.3. The molecule has 0 saturated heterocycles. The number of anilines is 3. The van der Waals surface area contributed by atoms with Crippen LogP contribution in [-0.2, 0) is 28.6 Å². The molecule has 3 aromatic rings. The number of ether oxygens (including phenoxy) is 3. The number of Topliss-reactive ketones (excluding diaryl/α,β-unsaturated/α-hetero) is 3. The molecule has 290 valence electrons. The lowest BCUT2D eigenvalue weighted by Gasteiger charge is -2.23. The molecule has 0 fully saturated rings. The Hall–Kier alpha value is -7.15. The van der Waals surface area contributed by atoms with E-state index in [9.17, 15) is 43.2 Å². The number of benzene rings is 3. The summed E-state index contributed by atoms with van der Waals surface area (Å²) in [5.74, 6) is -5.81. The SMILES string of the molecule is COC(=O)Nc1ccccc1C(=O)C(=O)NCCN(CCNC(=O)C(=O)c1ccccc1NC(=O)OC)CCNC(=O)C(=O)c1ccccc1NC(=O)OC. The minimum atomic E-state index is -0.990. The average molecular weight is 762 g/mol. The molecule has 0 aliphatic heterocycles. The monoisotopic (exact) mass is 761 g/mol. The van der Waals surface area contributed by atoms with Crippen LogP contribution in [0.5, 0.6) is 0 Å². The van der Waals surface area contributed by atoms with Crippen LogP contribution in [0.25, 0.3) is 0 Å². The first-order valence-corrected chi connectivity index (χ1v) is 16.4. The second-order valence-corrected chi connectivity index (χ2v) is 11.1. The summed E-state index contributed by atoms with van der Waals surface area (Å²) in [7, 11) is 3.41. The fourth-order valence-corrected chi connectivity index (χ4v) is 4.78. The number of nitrogens with zero attached hydrogens (tertiary/aromatic N) is 1. The molecule has 55 heavy (non-hydrogen) atoms. The van der Waals surface area contributed by atoms with E-state index in [0.717, 1.165) is 21.3 Å². The van der Waals surface area contributed by atoms with E-state index in [0.29, 0.717) is 0 Å². The lowest BCUT2D eigenvalue weighted by molar-refractivity contribution is -0.117. The molecule has 6 amide bonds. The van der Waals surface area contributed by atoms with Gasteiger partial charge in [-0.25, -0.2) is 14.4 Å². The maximum Gasteiger partial charge on any atom is 0.411 e. The lowest BCUT2D eigenvalue weighted by Crippen LogP contribution is -2.45. The minimum Gasteiger partial charge on any atom is -0.453 e. The number of para-hydroxylation sites is 3. The van der Waals surface area contributed by atoms with Crippen molar-refractivity contribution < 1.29 is 57.4 Å². The van der Waals surface area contributed by atoms with Crippen LogP contribution in [0.1, 0.15) is 31.1 Å². The maximum absolute atomic E-state index is 12.9. The second kappa shape index (κ2) is 21.4. The Morgan fingerprint density at radius 3 is 0.945 bits per heavy atom. The standard InChI is InChI=1S/C36H39N7O12/c1-53-34(50)40-25-13-7-4-10-22(25)28(44)31(47)37-16-19-43(20-17-38-32(48)29(45)23-11-5-8-14-26(23)41-35(51)54-2)21-18-39-33(49)30(46)24-12-6-9-15-27(24)42-36(52)55-3/h4-15H,16-21H2,1-3H3,(H,37,47)(H,38,48)(H,39,49)(H,40,50)(H,41,51)(H,42,52). The van der Waals surface area contributed by atoms with Gasteiger partial charge in [0, 0.05) is 39.3 Å². The molecule has 0 aliphatic rings. The fourth-order valence-electron chi connectivity index (χ4n) is 4.78. The smallest absolute Gasteiger partial charge is 0.411 e. The van der Waals surface area contributed by atoms with Crippen LogP contribution in [0, 0.1) is 0 Å². The first-order chi connectivity index (χ1) is 26.4. The Bertz CT molecular complexity index is 1720. The average Bonchev–Trinajstić information content (AvgIpc) is 3.19. The molecule has 0 heterocycles. The topological polar surface area (TPSA) is 257 Å². The van der Waals surface area contributed by atoms with Crippen molar-refractivity contribution in [3.8, 4) is 0 Å². The highest BCUT2D eigenvalue weighted by Crippen LogP contribution is 2.18. The van der Waals surface area contributed by atoms with Crippen molar-refractivity contribution in [2.45, 2.75) is 0 Å². The molecule has 0 atom stereocenters. The summed E-state index contributed by atoms with van der Waals surface area (Å²) < 4.78 is 13.7. The molecule has 3 rings (SSSR count). The van der Waals surface area contributed by atoms with Crippen molar-refractivity contribution in [1.29, 1.82) is 0 Å². The number of amides is 6. The lowest BCUT2D eigenvalue weighted by atomic mass is 10.1. The molecule has 0 aliphatic carbocycles. The third kappa shape index (κ3) is 12.8. The van der Waals surface area contributed by atoms with E-state index in [1.165, 1.54) is 54.6 Å². The van der Waals surface area contributed by atoms with Crippen LogP contribution in [0.15, 0.2) is 72.8 Å². The van der Waals surface area contributed by atoms with Crippen LogP contribution < -0.4 is 31.9 Å². The highest BCUT2D eigenvalue weighted by Gasteiger charge is 2.23. The number of hydrogen-bond acceptors (Lipinski definition) is 13. The van der Waals surface area contributed by atoms with Crippen LogP contribution in [0.2, 0.25) is 0 Å². The van der Waals surface area contributed by atoms with Crippen LogP contribution in [0.4, 0.5) is 31.4 Å². The zero-order valence-electron chi connectivity index (χ0n) is 30.0. The van der Waals surface area contributed by atoms with Gasteiger partial charge in [0.2, 0.25) is 0 Å². The zero-order valence-corrected chi connectivity index (χ0v) is 30.0. The summed E-state index contributed by atoms with van der Waals surface area (Å²) >= 11 is 0. The van der Waals surface area contributed by atoms with Crippen LogP contribution in [0.3, 0.4) is 0 Å². The van der Waals surface area contributed by atoms with Gasteiger partial charge in [0.25, 0.3) is 35.1 Å². The number of ketones is 3. The molecule has 19 heteroatoms. The van der Waals surface area contributed by atoms with Gasteiger partial charge in [0.05, 0.1) is 55.1 Å². The van der Waals surface area contributed by atoms with Crippen LogP contribution in [-0.4, -0.2) is 119 Å². The first kappa shape index (κ1) is 42.3. The van der Waals surface area contributed by atoms with Gasteiger partial charge in [-0.1, -0.05) is 36.4 Å². The predicted octanol–water partition coefficient (Wildman–Crippen LogP) is 1.82. The molecule has 0 saturated carbocycles. The quantitative estimate of drug-likeness (QED) is 0.0615. The van der Waals surface area contributed by atoms with Crippen molar-refractivity contribution in [2.75, 3.05) is 76.5 Å². The van der Waals surface area contributed by atoms with E-state index in [1.807, 2.05) is 0 Å². The molecule has 0 radical (unpaired) electrons. The number of rotatable bonds is 18. The molecule has 3 aromatic carbocycles. The Balaban J connectivity index is 1.66. The van der Waals surface area contributed by atoms with E-state index in [-0.39, 0.29) is 73.0 Å². The number of methoxy groups -OCH3 is 3. The summed E-state index contributed by atoms with van der Waals surface area (Å²) in [4.78, 5) is 114. The van der Waals surface area contributed by atoms with Gasteiger partial charge in [-0.2, -0.15) is 0 Å². The van der Waals surface area contributed by atoms with E-state index in [4.69, 9.17) is 0 Å². The van der Waals surface area contributed by atoms with Gasteiger partial charge in [-0.3, -0.25) is 49.6 Å². The van der Waals surface area contributed by atoms with E-state index in [1.54, 1.807) is 23.1 Å². The van der Waals surface area contributed by atoms with Crippen molar-refractivity contribution >= 4 is 70.4 Å². The first-order valence-electron chi connectivity index (χ1n) is 16.4. The van der Waals surface area contributed by atoms with Crippen molar-refractivity contribution in [1.82, 2.24) is 20.9 Å². The van der Waals surface area contributed by atoms with E-state index >= 15 is 0 Å². The summed E-state index contributed by atoms with van der Waals surface area (Å²) in [5.41, 5.74) is -0.103. The largest absolute Gasteiger partial charge is 0.453 e. The predicted molar refractivity (Wildman–Crippen MR) is 196 cm³/mol. The molecular weight excluding hydrogens is 722 g/mol. The molecule has 0 unspecified atom stereocenters. The van der Waals surface area contributed by atoms with Gasteiger partial charge in [-0.15, -0.1) is 0 Å². The van der Waals surface area contributed by atoms with Gasteiger partial charge in [0.15, 0.2) is 0 Å². The third-order valence-electron chi connectivity index (χ3n) is 7.54. The molecule has 0 spiro atoms. The number of nitrogens with one attached hydrogen (secondary N) is 6.